The van der Waals surface area contributed by atoms with Crippen LogP contribution in [-0.4, -0.2) is 26.7 Å². The Morgan fingerprint density at radius 3 is 2.59 bits per heavy atom. The van der Waals surface area contributed by atoms with E-state index in [9.17, 15) is 4.79 Å². The van der Waals surface area contributed by atoms with Gasteiger partial charge in [0.25, 0.3) is 5.91 Å². The Morgan fingerprint density at radius 1 is 1.09 bits per heavy atom. The van der Waals surface area contributed by atoms with E-state index in [4.69, 9.17) is 19.9 Å². The molecule has 0 aliphatic rings. The number of benzene rings is 2. The average Bonchev–Trinajstić information content (AvgIpc) is 2.53. The minimum Gasteiger partial charge on any atom is -0.497 e. The third-order valence-electron chi connectivity index (χ3n) is 2.91. The Hall–Kier alpha value is -2.89. The molecule has 0 aliphatic carbocycles. The van der Waals surface area contributed by atoms with E-state index in [-0.39, 0.29) is 12.5 Å². The summed E-state index contributed by atoms with van der Waals surface area (Å²) in [7, 11) is 3.08. The Bertz CT molecular complexity index is 658. The molecule has 0 saturated carbocycles. The summed E-state index contributed by atoms with van der Waals surface area (Å²) in [4.78, 5) is 12.0. The third-order valence-corrected chi connectivity index (χ3v) is 2.91. The van der Waals surface area contributed by atoms with Gasteiger partial charge in [0.2, 0.25) is 0 Å². The van der Waals surface area contributed by atoms with Crippen LogP contribution in [0, 0.1) is 0 Å². The van der Waals surface area contributed by atoms with E-state index in [1.807, 2.05) is 0 Å². The van der Waals surface area contributed by atoms with Crippen molar-refractivity contribution in [1.29, 1.82) is 0 Å². The van der Waals surface area contributed by atoms with E-state index in [1.54, 1.807) is 49.6 Å². The molecule has 1 amide bonds. The van der Waals surface area contributed by atoms with E-state index in [1.165, 1.54) is 7.11 Å². The molecule has 2 rings (SSSR count). The first-order valence-corrected chi connectivity index (χ1v) is 6.62. The summed E-state index contributed by atoms with van der Waals surface area (Å²) >= 11 is 0. The fourth-order valence-corrected chi connectivity index (χ4v) is 1.85. The first kappa shape index (κ1) is 15.5. The molecule has 3 N–H and O–H groups in total. The molecule has 0 atom stereocenters. The number of nitrogens with one attached hydrogen (secondary N) is 1. The van der Waals surface area contributed by atoms with E-state index in [2.05, 4.69) is 5.32 Å². The van der Waals surface area contributed by atoms with Gasteiger partial charge in [0.1, 0.15) is 17.2 Å². The van der Waals surface area contributed by atoms with Crippen molar-refractivity contribution in [2.45, 2.75) is 0 Å². The third kappa shape index (κ3) is 4.05. The molecule has 0 aliphatic heterocycles. The van der Waals surface area contributed by atoms with Gasteiger partial charge in [-0.05, 0) is 24.3 Å². The summed E-state index contributed by atoms with van der Waals surface area (Å²) in [6.07, 6.45) is 0. The lowest BCUT2D eigenvalue weighted by molar-refractivity contribution is -0.118. The predicted octanol–water partition coefficient (Wildman–Crippen LogP) is 2.30. The normalized spacial score (nSPS) is 9.91. The zero-order chi connectivity index (χ0) is 15.9. The number of hydrogen-bond acceptors (Lipinski definition) is 5. The molecule has 0 spiro atoms. The standard InChI is InChI=1S/C16H18N2O4/c1-20-12-6-7-15(21-2)14(9-12)18-16(19)10-22-13-5-3-4-11(17)8-13/h3-9H,10,17H2,1-2H3,(H,18,19). The molecule has 0 heterocycles. The van der Waals surface area contributed by atoms with Gasteiger partial charge in [-0.15, -0.1) is 0 Å². The number of carbonyl (C=O) groups is 1. The highest BCUT2D eigenvalue weighted by Gasteiger charge is 2.10. The second-order valence-corrected chi connectivity index (χ2v) is 4.48. The maximum atomic E-state index is 12.0. The van der Waals surface area contributed by atoms with Gasteiger partial charge in [-0.3, -0.25) is 4.79 Å². The van der Waals surface area contributed by atoms with Gasteiger partial charge in [-0.2, -0.15) is 0 Å². The second-order valence-electron chi connectivity index (χ2n) is 4.48. The maximum Gasteiger partial charge on any atom is 0.262 e. The van der Waals surface area contributed by atoms with Gasteiger partial charge >= 0.3 is 0 Å². The Kier molecular flexibility index (Phi) is 5.08. The molecule has 6 nitrogen and oxygen atoms in total. The monoisotopic (exact) mass is 302 g/mol. The Labute approximate surface area is 128 Å². The zero-order valence-electron chi connectivity index (χ0n) is 12.5. The first-order valence-electron chi connectivity index (χ1n) is 6.62. The topological polar surface area (TPSA) is 82.8 Å². The molecular formula is C16H18N2O4. The SMILES string of the molecule is COc1ccc(OC)c(NC(=O)COc2cccc(N)c2)c1. The quantitative estimate of drug-likeness (QED) is 0.800. The molecule has 0 bridgehead atoms. The van der Waals surface area contributed by atoms with E-state index < -0.39 is 0 Å². The molecule has 2 aromatic rings. The molecule has 0 radical (unpaired) electrons. The van der Waals surface area contributed by atoms with Crippen molar-refractivity contribution >= 4 is 17.3 Å². The largest absolute Gasteiger partial charge is 0.497 e. The number of nitrogen functional groups attached to an aromatic ring is 1. The van der Waals surface area contributed by atoms with Crippen molar-refractivity contribution in [3.63, 3.8) is 0 Å². The lowest BCUT2D eigenvalue weighted by Crippen LogP contribution is -2.20. The Balaban J connectivity index is 1.99. The molecular weight excluding hydrogens is 284 g/mol. The van der Waals surface area contributed by atoms with Crippen LogP contribution < -0.4 is 25.3 Å². The van der Waals surface area contributed by atoms with Crippen LogP contribution in [0.15, 0.2) is 42.5 Å². The van der Waals surface area contributed by atoms with Gasteiger partial charge in [-0.25, -0.2) is 0 Å². The molecule has 0 fully saturated rings. The van der Waals surface area contributed by atoms with E-state index >= 15 is 0 Å². The first-order chi connectivity index (χ1) is 10.6. The number of carbonyl (C=O) groups excluding carboxylic acids is 1. The summed E-state index contributed by atoms with van der Waals surface area (Å²) in [5, 5.41) is 2.72. The molecule has 22 heavy (non-hydrogen) atoms. The average molecular weight is 302 g/mol. The molecule has 2 aromatic carbocycles. The lowest BCUT2D eigenvalue weighted by atomic mass is 10.2. The van der Waals surface area contributed by atoms with Crippen molar-refractivity contribution in [2.75, 3.05) is 31.9 Å². The number of amides is 1. The molecule has 116 valence electrons. The summed E-state index contributed by atoms with van der Waals surface area (Å²) in [6, 6.07) is 12.0. The molecule has 0 unspecified atom stereocenters. The minimum atomic E-state index is -0.311. The lowest BCUT2D eigenvalue weighted by Gasteiger charge is -2.12. The van der Waals surface area contributed by atoms with E-state index in [0.717, 1.165) is 0 Å². The number of rotatable bonds is 6. The fourth-order valence-electron chi connectivity index (χ4n) is 1.85. The summed E-state index contributed by atoms with van der Waals surface area (Å²) in [5.74, 6) is 1.38. The number of anilines is 2. The number of ether oxygens (including phenoxy) is 3. The summed E-state index contributed by atoms with van der Waals surface area (Å²) in [5.41, 5.74) is 6.74. The Morgan fingerprint density at radius 2 is 1.91 bits per heavy atom. The number of methoxy groups -OCH3 is 2. The zero-order valence-corrected chi connectivity index (χ0v) is 12.5. The van der Waals surface area contributed by atoms with E-state index in [0.29, 0.717) is 28.6 Å². The van der Waals surface area contributed by atoms with Gasteiger partial charge in [0.15, 0.2) is 6.61 Å². The smallest absolute Gasteiger partial charge is 0.262 e. The van der Waals surface area contributed by atoms with Gasteiger partial charge in [0, 0.05) is 17.8 Å². The van der Waals surface area contributed by atoms with Crippen LogP contribution in [0.1, 0.15) is 0 Å². The van der Waals surface area contributed by atoms with Crippen LogP contribution in [0.2, 0.25) is 0 Å². The fraction of sp³-hybridized carbons (Fsp3) is 0.188. The van der Waals surface area contributed by atoms with Gasteiger partial charge in [-0.1, -0.05) is 6.07 Å². The van der Waals surface area contributed by atoms with Crippen LogP contribution in [0.4, 0.5) is 11.4 Å². The van der Waals surface area contributed by atoms with Crippen molar-refractivity contribution in [3.05, 3.63) is 42.5 Å². The summed E-state index contributed by atoms with van der Waals surface area (Å²) < 4.78 is 15.7. The highest BCUT2D eigenvalue weighted by molar-refractivity contribution is 5.93. The minimum absolute atomic E-state index is 0.135. The highest BCUT2D eigenvalue weighted by Crippen LogP contribution is 2.28. The summed E-state index contributed by atoms with van der Waals surface area (Å²) in [6.45, 7) is -0.135. The van der Waals surface area contributed by atoms with Crippen molar-refractivity contribution < 1.29 is 19.0 Å². The number of hydrogen-bond donors (Lipinski definition) is 2. The van der Waals surface area contributed by atoms with Crippen LogP contribution in [0.25, 0.3) is 0 Å². The predicted molar refractivity (Wildman–Crippen MR) is 84.5 cm³/mol. The van der Waals surface area contributed by atoms with Crippen molar-refractivity contribution in [3.8, 4) is 17.2 Å². The number of nitrogens with two attached hydrogens (primary N) is 1. The van der Waals surface area contributed by atoms with Gasteiger partial charge in [0.05, 0.1) is 19.9 Å². The van der Waals surface area contributed by atoms with Crippen molar-refractivity contribution in [1.82, 2.24) is 0 Å². The van der Waals surface area contributed by atoms with Crippen LogP contribution in [0.5, 0.6) is 17.2 Å². The van der Waals surface area contributed by atoms with Gasteiger partial charge < -0.3 is 25.3 Å². The molecule has 0 aromatic heterocycles. The molecule has 6 heteroatoms. The highest BCUT2D eigenvalue weighted by atomic mass is 16.5. The second kappa shape index (κ2) is 7.21. The van der Waals surface area contributed by atoms with Crippen molar-refractivity contribution in [2.24, 2.45) is 0 Å². The van der Waals surface area contributed by atoms with Crippen LogP contribution in [-0.2, 0) is 4.79 Å². The van der Waals surface area contributed by atoms with Crippen LogP contribution in [0.3, 0.4) is 0 Å². The van der Waals surface area contributed by atoms with Crippen LogP contribution >= 0.6 is 0 Å². The maximum absolute atomic E-state index is 12.0. The molecule has 0 saturated heterocycles.